The number of carbonyl (C=O) groups is 1. The van der Waals surface area contributed by atoms with Gasteiger partial charge in [0.05, 0.1) is 18.4 Å². The van der Waals surface area contributed by atoms with E-state index in [-0.39, 0.29) is 5.91 Å². The van der Waals surface area contributed by atoms with Gasteiger partial charge in [0.15, 0.2) is 0 Å². The number of methoxy groups -OCH3 is 1. The van der Waals surface area contributed by atoms with E-state index in [9.17, 15) is 4.79 Å². The number of benzene rings is 4. The summed E-state index contributed by atoms with van der Waals surface area (Å²) in [5, 5.41) is 0. The predicted molar refractivity (Wildman–Crippen MR) is 125 cm³/mol. The number of hydrogen-bond donors (Lipinski definition) is 0. The number of nitrogens with zero attached hydrogens (tertiary/aromatic N) is 1. The van der Waals surface area contributed by atoms with Crippen molar-refractivity contribution in [2.24, 2.45) is 0 Å². The molecule has 1 heterocycles. The van der Waals surface area contributed by atoms with Crippen LogP contribution < -0.4 is 9.64 Å². The van der Waals surface area contributed by atoms with Crippen molar-refractivity contribution in [3.05, 3.63) is 126 Å². The molecule has 0 saturated heterocycles. The Morgan fingerprint density at radius 1 is 0.710 bits per heavy atom. The molecule has 0 saturated carbocycles. The van der Waals surface area contributed by atoms with Crippen LogP contribution in [0.15, 0.2) is 109 Å². The summed E-state index contributed by atoms with van der Waals surface area (Å²) in [6.07, 6.45) is 0. The molecule has 0 radical (unpaired) electrons. The van der Waals surface area contributed by atoms with Crippen molar-refractivity contribution < 1.29 is 9.53 Å². The van der Waals surface area contributed by atoms with E-state index in [2.05, 4.69) is 0 Å². The largest absolute Gasteiger partial charge is 0.497 e. The van der Waals surface area contributed by atoms with E-state index in [1.54, 1.807) is 12.0 Å². The Morgan fingerprint density at radius 3 is 1.81 bits per heavy atom. The normalized spacial score (nSPS) is 12.6. The molecule has 150 valence electrons. The van der Waals surface area contributed by atoms with Crippen LogP contribution in [0.1, 0.15) is 16.7 Å². The van der Waals surface area contributed by atoms with Gasteiger partial charge in [0.2, 0.25) is 0 Å². The van der Waals surface area contributed by atoms with Gasteiger partial charge < -0.3 is 4.74 Å². The van der Waals surface area contributed by atoms with Gasteiger partial charge in [-0.3, -0.25) is 9.69 Å². The Hall–Kier alpha value is -4.11. The van der Waals surface area contributed by atoms with Gasteiger partial charge in [-0.2, -0.15) is 0 Å². The van der Waals surface area contributed by atoms with Crippen molar-refractivity contribution in [3.63, 3.8) is 0 Å². The third-order valence-electron chi connectivity index (χ3n) is 5.52. The molecule has 0 aliphatic carbocycles. The van der Waals surface area contributed by atoms with Crippen molar-refractivity contribution in [2.75, 3.05) is 12.0 Å². The number of rotatable bonds is 4. The van der Waals surface area contributed by atoms with Crippen molar-refractivity contribution in [1.82, 2.24) is 0 Å². The van der Waals surface area contributed by atoms with Crippen molar-refractivity contribution in [3.8, 4) is 5.75 Å². The number of carbonyl (C=O) groups excluding carboxylic acids is 1. The van der Waals surface area contributed by atoms with Crippen molar-refractivity contribution >= 4 is 28.4 Å². The second kappa shape index (κ2) is 7.96. The van der Waals surface area contributed by atoms with E-state index in [0.29, 0.717) is 5.57 Å². The van der Waals surface area contributed by atoms with E-state index in [4.69, 9.17) is 4.74 Å². The first-order chi connectivity index (χ1) is 15.3. The SMILES string of the molecule is COc1ccc2c(c1)C(=C(c1ccccc1)c1ccccc1)C(=O)N2c1ccccc1. The number of hydrogen-bond acceptors (Lipinski definition) is 2. The van der Waals surface area contributed by atoms with Gasteiger partial charge >= 0.3 is 0 Å². The van der Waals surface area contributed by atoms with E-state index in [0.717, 1.165) is 39.4 Å². The van der Waals surface area contributed by atoms with Crippen LogP contribution in [0.3, 0.4) is 0 Å². The van der Waals surface area contributed by atoms with E-state index in [1.807, 2.05) is 109 Å². The highest BCUT2D eigenvalue weighted by molar-refractivity contribution is 6.40. The van der Waals surface area contributed by atoms with Crippen LogP contribution in [0, 0.1) is 0 Å². The Bertz CT molecular complexity index is 1220. The lowest BCUT2D eigenvalue weighted by atomic mass is 9.90. The molecule has 3 nitrogen and oxygen atoms in total. The summed E-state index contributed by atoms with van der Waals surface area (Å²) in [5.41, 5.74) is 6.16. The molecule has 0 N–H and O–H groups in total. The first-order valence-electron chi connectivity index (χ1n) is 10.2. The lowest BCUT2D eigenvalue weighted by Crippen LogP contribution is -2.21. The highest BCUT2D eigenvalue weighted by Gasteiger charge is 2.36. The average Bonchev–Trinajstić information content (AvgIpc) is 3.12. The van der Waals surface area contributed by atoms with Gasteiger partial charge in [-0.1, -0.05) is 78.9 Å². The van der Waals surface area contributed by atoms with Gasteiger partial charge in [-0.05, 0) is 41.5 Å². The van der Waals surface area contributed by atoms with Gasteiger partial charge in [-0.25, -0.2) is 0 Å². The molecule has 4 aromatic carbocycles. The maximum atomic E-state index is 14.0. The number of amides is 1. The summed E-state index contributed by atoms with van der Waals surface area (Å²) < 4.78 is 5.50. The second-order valence-corrected chi connectivity index (χ2v) is 7.34. The Kier molecular flexibility index (Phi) is 4.85. The number of ether oxygens (including phenoxy) is 1. The first-order valence-corrected chi connectivity index (χ1v) is 10.2. The smallest absolute Gasteiger partial charge is 0.264 e. The average molecular weight is 403 g/mol. The quantitative estimate of drug-likeness (QED) is 0.373. The van der Waals surface area contributed by atoms with Crippen molar-refractivity contribution in [1.29, 1.82) is 0 Å². The van der Waals surface area contributed by atoms with Crippen LogP contribution in [-0.4, -0.2) is 13.0 Å². The van der Waals surface area contributed by atoms with Gasteiger partial charge in [0, 0.05) is 16.8 Å². The molecule has 0 atom stereocenters. The summed E-state index contributed by atoms with van der Waals surface area (Å²) in [5.74, 6) is 0.677. The molecule has 0 unspecified atom stereocenters. The van der Waals surface area contributed by atoms with Gasteiger partial charge in [0.25, 0.3) is 5.91 Å². The van der Waals surface area contributed by atoms with Crippen LogP contribution in [0.4, 0.5) is 11.4 Å². The molecule has 5 rings (SSSR count). The zero-order chi connectivity index (χ0) is 21.2. The third kappa shape index (κ3) is 3.30. The van der Waals surface area contributed by atoms with Crippen LogP contribution >= 0.6 is 0 Å². The van der Waals surface area contributed by atoms with Crippen LogP contribution in [-0.2, 0) is 4.79 Å². The highest BCUT2D eigenvalue weighted by Crippen LogP contribution is 2.47. The lowest BCUT2D eigenvalue weighted by molar-refractivity contribution is -0.112. The summed E-state index contributed by atoms with van der Waals surface area (Å²) in [7, 11) is 1.64. The minimum absolute atomic E-state index is 0.0443. The number of anilines is 2. The molecule has 0 spiro atoms. The summed E-state index contributed by atoms with van der Waals surface area (Å²) in [6, 6.07) is 35.7. The zero-order valence-corrected chi connectivity index (χ0v) is 17.2. The summed E-state index contributed by atoms with van der Waals surface area (Å²) >= 11 is 0. The molecule has 0 aromatic heterocycles. The topological polar surface area (TPSA) is 29.5 Å². The van der Waals surface area contributed by atoms with E-state index >= 15 is 0 Å². The minimum atomic E-state index is -0.0443. The minimum Gasteiger partial charge on any atom is -0.497 e. The summed E-state index contributed by atoms with van der Waals surface area (Å²) in [4.78, 5) is 15.8. The molecule has 1 aliphatic heterocycles. The van der Waals surface area contributed by atoms with E-state index < -0.39 is 0 Å². The number of fused-ring (bicyclic) bond motifs is 1. The first kappa shape index (κ1) is 18.9. The Morgan fingerprint density at radius 2 is 1.26 bits per heavy atom. The summed E-state index contributed by atoms with van der Waals surface area (Å²) in [6.45, 7) is 0. The standard InChI is InChI=1S/C28H21NO2/c1-31-23-17-18-25-24(19-23)27(28(30)29(25)22-15-9-4-10-16-22)26(20-11-5-2-6-12-20)21-13-7-3-8-14-21/h2-19H,1H3. The highest BCUT2D eigenvalue weighted by atomic mass is 16.5. The molecular weight excluding hydrogens is 382 g/mol. The fraction of sp³-hybridized carbons (Fsp3) is 0.0357. The third-order valence-corrected chi connectivity index (χ3v) is 5.52. The Labute approximate surface area is 181 Å². The molecule has 4 aromatic rings. The van der Waals surface area contributed by atoms with Crippen molar-refractivity contribution in [2.45, 2.75) is 0 Å². The Balaban J connectivity index is 1.85. The second-order valence-electron chi connectivity index (χ2n) is 7.34. The lowest BCUT2D eigenvalue weighted by Gasteiger charge is -2.17. The van der Waals surface area contributed by atoms with Crippen LogP contribution in [0.25, 0.3) is 11.1 Å². The predicted octanol–water partition coefficient (Wildman–Crippen LogP) is 6.33. The van der Waals surface area contributed by atoms with E-state index in [1.165, 1.54) is 0 Å². The van der Waals surface area contributed by atoms with Crippen LogP contribution in [0.2, 0.25) is 0 Å². The molecule has 1 aliphatic rings. The molecule has 31 heavy (non-hydrogen) atoms. The molecule has 0 bridgehead atoms. The zero-order valence-electron chi connectivity index (χ0n) is 17.2. The monoisotopic (exact) mass is 403 g/mol. The fourth-order valence-corrected chi connectivity index (χ4v) is 4.11. The maximum absolute atomic E-state index is 14.0. The molecule has 3 heteroatoms. The molecular formula is C28H21NO2. The van der Waals surface area contributed by atoms with Crippen LogP contribution in [0.5, 0.6) is 5.75 Å². The molecule has 1 amide bonds. The molecule has 0 fully saturated rings. The van der Waals surface area contributed by atoms with Gasteiger partial charge in [0.1, 0.15) is 5.75 Å². The number of para-hydroxylation sites is 1. The van der Waals surface area contributed by atoms with Gasteiger partial charge in [-0.15, -0.1) is 0 Å². The fourth-order valence-electron chi connectivity index (χ4n) is 4.11. The maximum Gasteiger partial charge on any atom is 0.264 e.